The van der Waals surface area contributed by atoms with Crippen molar-refractivity contribution in [3.8, 4) is 0 Å². The van der Waals surface area contributed by atoms with Crippen molar-refractivity contribution in [2.24, 2.45) is 0 Å². The second kappa shape index (κ2) is 8.94. The smallest absolute Gasteiger partial charge is 0.767 e. The summed E-state index contributed by atoms with van der Waals surface area (Å²) in [5, 5.41) is 4.75. The van der Waals surface area contributed by atoms with Crippen LogP contribution in [-0.2, 0) is 11.1 Å². The molecule has 2 heterocycles. The molecule has 0 aliphatic heterocycles. The molecular formula is C9H7ClLiNO2S2. The summed E-state index contributed by atoms with van der Waals surface area (Å²) in [4.78, 5) is 3.57. The zero-order valence-electron chi connectivity index (χ0n) is 8.50. The number of hydrogen-bond acceptors (Lipinski definition) is 4. The zero-order valence-corrected chi connectivity index (χ0v) is 10.9. The van der Waals surface area contributed by atoms with E-state index in [0.717, 1.165) is 5.02 Å². The standard InChI is InChI=1S/C5H5NO2S.C4H3ClS.Li/c7-9(8)5-3-1-2-4-6-5;5-4-1-2-6-3-4;/h1-4H,(H,7,8);1-3H;/q;;+1/p-1. The number of rotatable bonds is 1. The van der Waals surface area contributed by atoms with Crippen LogP contribution in [0.5, 0.6) is 0 Å². The fourth-order valence-electron chi connectivity index (χ4n) is 0.694. The predicted molar refractivity (Wildman–Crippen MR) is 60.8 cm³/mol. The maximum Gasteiger partial charge on any atom is 1.00 e. The average molecular weight is 268 g/mol. The van der Waals surface area contributed by atoms with E-state index in [1.807, 2.05) is 16.8 Å². The quantitative estimate of drug-likeness (QED) is 0.528. The van der Waals surface area contributed by atoms with Crippen LogP contribution in [0.15, 0.2) is 46.2 Å². The van der Waals surface area contributed by atoms with Crippen molar-refractivity contribution in [1.82, 2.24) is 4.98 Å². The van der Waals surface area contributed by atoms with Gasteiger partial charge in [-0.15, -0.1) is 0 Å². The van der Waals surface area contributed by atoms with Gasteiger partial charge in [0, 0.05) is 11.6 Å². The van der Waals surface area contributed by atoms with Gasteiger partial charge >= 0.3 is 18.9 Å². The molecule has 0 bridgehead atoms. The van der Waals surface area contributed by atoms with E-state index < -0.39 is 11.1 Å². The van der Waals surface area contributed by atoms with E-state index in [1.54, 1.807) is 23.5 Å². The average Bonchev–Trinajstić information content (AvgIpc) is 2.71. The van der Waals surface area contributed by atoms with Crippen molar-refractivity contribution in [2.45, 2.75) is 5.03 Å². The molecule has 0 aliphatic rings. The Morgan fingerprint density at radius 2 is 2.12 bits per heavy atom. The third-order valence-corrected chi connectivity index (χ3v) is 2.93. The fraction of sp³-hybridized carbons (Fsp3) is 0. The van der Waals surface area contributed by atoms with Crippen molar-refractivity contribution in [3.05, 3.63) is 46.2 Å². The molecular weight excluding hydrogens is 261 g/mol. The molecule has 0 radical (unpaired) electrons. The van der Waals surface area contributed by atoms with Crippen LogP contribution in [0.2, 0.25) is 5.02 Å². The summed E-state index contributed by atoms with van der Waals surface area (Å²) in [5.74, 6) is 0. The van der Waals surface area contributed by atoms with Gasteiger partial charge in [-0.25, -0.2) is 4.98 Å². The van der Waals surface area contributed by atoms with Gasteiger partial charge in [0.05, 0.1) is 5.02 Å². The molecule has 0 saturated carbocycles. The minimum absolute atomic E-state index is 0. The molecule has 0 aromatic carbocycles. The Hall–Kier alpha value is -0.153. The molecule has 0 N–H and O–H groups in total. The Labute approximate surface area is 117 Å². The third kappa shape index (κ3) is 6.43. The van der Waals surface area contributed by atoms with Crippen LogP contribution in [0, 0.1) is 0 Å². The number of nitrogens with zero attached hydrogens (tertiary/aromatic N) is 1. The number of halogens is 1. The zero-order chi connectivity index (χ0) is 11.1. The van der Waals surface area contributed by atoms with Crippen LogP contribution in [-0.4, -0.2) is 13.7 Å². The van der Waals surface area contributed by atoms with E-state index in [2.05, 4.69) is 4.98 Å². The van der Waals surface area contributed by atoms with Gasteiger partial charge in [-0.2, -0.15) is 11.3 Å². The maximum absolute atomic E-state index is 10.1. The van der Waals surface area contributed by atoms with Crippen molar-refractivity contribution in [1.29, 1.82) is 0 Å². The van der Waals surface area contributed by atoms with Crippen LogP contribution in [0.25, 0.3) is 0 Å². The van der Waals surface area contributed by atoms with Gasteiger partial charge in [0.2, 0.25) is 0 Å². The molecule has 1 unspecified atom stereocenters. The minimum atomic E-state index is -2.19. The molecule has 0 aliphatic carbocycles. The Bertz CT molecular complexity index is 411. The van der Waals surface area contributed by atoms with Crippen molar-refractivity contribution in [2.75, 3.05) is 0 Å². The molecule has 7 heteroatoms. The van der Waals surface area contributed by atoms with Gasteiger partial charge in [-0.05, 0) is 34.7 Å². The monoisotopic (exact) mass is 267 g/mol. The molecule has 2 rings (SSSR count). The Morgan fingerprint density at radius 1 is 1.38 bits per heavy atom. The van der Waals surface area contributed by atoms with Crippen LogP contribution in [0.4, 0.5) is 0 Å². The molecule has 0 fully saturated rings. The van der Waals surface area contributed by atoms with E-state index >= 15 is 0 Å². The third-order valence-electron chi connectivity index (χ3n) is 1.29. The van der Waals surface area contributed by atoms with Gasteiger partial charge in [-0.1, -0.05) is 17.7 Å². The van der Waals surface area contributed by atoms with Crippen molar-refractivity contribution in [3.63, 3.8) is 0 Å². The first kappa shape index (κ1) is 15.8. The molecule has 0 spiro atoms. The molecule has 1 atom stereocenters. The van der Waals surface area contributed by atoms with Gasteiger partial charge in [0.25, 0.3) is 0 Å². The Morgan fingerprint density at radius 3 is 2.38 bits per heavy atom. The molecule has 0 amide bonds. The number of pyridine rings is 1. The first-order valence-electron chi connectivity index (χ1n) is 3.88. The largest absolute Gasteiger partial charge is 1.00 e. The first-order chi connectivity index (χ1) is 7.20. The van der Waals surface area contributed by atoms with Gasteiger partial charge in [0.15, 0.2) is 0 Å². The van der Waals surface area contributed by atoms with E-state index in [1.165, 1.54) is 12.3 Å². The molecule has 2 aromatic rings. The van der Waals surface area contributed by atoms with Crippen molar-refractivity contribution >= 4 is 34.0 Å². The Balaban J connectivity index is 0.000000283. The van der Waals surface area contributed by atoms with Gasteiger partial charge in [-0.3, -0.25) is 4.21 Å². The van der Waals surface area contributed by atoms with Crippen LogP contribution in [0.3, 0.4) is 0 Å². The van der Waals surface area contributed by atoms with E-state index in [9.17, 15) is 8.76 Å². The SMILES string of the molecule is Clc1ccsc1.O=S([O-])c1ccccn1.[Li+]. The van der Waals surface area contributed by atoms with Crippen LogP contribution in [0.1, 0.15) is 0 Å². The van der Waals surface area contributed by atoms with Crippen molar-refractivity contribution < 1.29 is 27.6 Å². The van der Waals surface area contributed by atoms with Gasteiger partial charge in [0.1, 0.15) is 5.03 Å². The normalized spacial score (nSPS) is 10.6. The predicted octanol–water partition coefficient (Wildman–Crippen LogP) is -0.275. The van der Waals surface area contributed by atoms with E-state index in [0.29, 0.717) is 0 Å². The number of thiophene rings is 1. The molecule has 0 saturated heterocycles. The summed E-state index contributed by atoms with van der Waals surface area (Å²) in [5.41, 5.74) is 0. The summed E-state index contributed by atoms with van der Waals surface area (Å²) < 4.78 is 20.3. The summed E-state index contributed by atoms with van der Waals surface area (Å²) in [7, 11) is 0. The van der Waals surface area contributed by atoms with Gasteiger partial charge < -0.3 is 4.55 Å². The minimum Gasteiger partial charge on any atom is -0.767 e. The van der Waals surface area contributed by atoms with E-state index in [-0.39, 0.29) is 23.9 Å². The molecule has 16 heavy (non-hydrogen) atoms. The second-order valence-corrected chi connectivity index (χ2v) is 4.45. The Kier molecular flexibility index (Phi) is 8.85. The summed E-state index contributed by atoms with van der Waals surface area (Å²) >= 11 is 4.88. The first-order valence-corrected chi connectivity index (χ1v) is 6.27. The molecule has 80 valence electrons. The van der Waals surface area contributed by atoms with Crippen LogP contribution < -0.4 is 18.9 Å². The number of aromatic nitrogens is 1. The second-order valence-electron chi connectivity index (χ2n) is 2.34. The summed E-state index contributed by atoms with van der Waals surface area (Å²) in [6.45, 7) is 0. The molecule has 2 aromatic heterocycles. The topological polar surface area (TPSA) is 53.0 Å². The molecule has 3 nitrogen and oxygen atoms in total. The summed E-state index contributed by atoms with van der Waals surface area (Å²) in [6, 6.07) is 6.59. The summed E-state index contributed by atoms with van der Waals surface area (Å²) in [6.07, 6.45) is 1.44. The van der Waals surface area contributed by atoms with Crippen LogP contribution >= 0.6 is 22.9 Å². The van der Waals surface area contributed by atoms with E-state index in [4.69, 9.17) is 11.6 Å². The fourth-order valence-corrected chi connectivity index (χ4v) is 1.83. The maximum atomic E-state index is 10.1. The number of hydrogen-bond donors (Lipinski definition) is 0.